The van der Waals surface area contributed by atoms with E-state index in [1.807, 2.05) is 25.1 Å². The zero-order valence-electron chi connectivity index (χ0n) is 12.6. The van der Waals surface area contributed by atoms with Crippen molar-refractivity contribution in [1.82, 2.24) is 0 Å². The van der Waals surface area contributed by atoms with Gasteiger partial charge in [-0.2, -0.15) is 0 Å². The Bertz CT molecular complexity index is 754. The van der Waals surface area contributed by atoms with Crippen LogP contribution in [-0.2, 0) is 9.53 Å². The number of hydrogen-bond donors (Lipinski definition) is 1. The first kappa shape index (κ1) is 15.9. The van der Waals surface area contributed by atoms with Crippen LogP contribution in [0.1, 0.15) is 22.8 Å². The van der Waals surface area contributed by atoms with Gasteiger partial charge in [-0.05, 0) is 25.1 Å². The predicted molar refractivity (Wildman–Crippen MR) is 91.6 cm³/mol. The normalized spacial score (nSPS) is 15.6. The number of benzene rings is 2. The molecule has 1 aliphatic heterocycles. The molecule has 0 saturated carbocycles. The zero-order valence-corrected chi connectivity index (χ0v) is 14.2. The molecule has 0 aliphatic carbocycles. The molecule has 1 amide bonds. The highest BCUT2D eigenvalue weighted by molar-refractivity contribution is 9.10. The van der Waals surface area contributed by atoms with Crippen LogP contribution in [0.25, 0.3) is 0 Å². The van der Waals surface area contributed by atoms with Gasteiger partial charge in [0.15, 0.2) is 5.78 Å². The highest BCUT2D eigenvalue weighted by Gasteiger charge is 2.41. The lowest BCUT2D eigenvalue weighted by atomic mass is 9.87. The van der Waals surface area contributed by atoms with Crippen LogP contribution < -0.4 is 5.32 Å². The van der Waals surface area contributed by atoms with E-state index in [1.165, 1.54) is 0 Å². The predicted octanol–water partition coefficient (Wildman–Crippen LogP) is 3.66. The van der Waals surface area contributed by atoms with Crippen molar-refractivity contribution >= 4 is 33.3 Å². The maximum atomic E-state index is 12.7. The molecule has 23 heavy (non-hydrogen) atoms. The number of ether oxygens (including phenoxy) is 1. The Balaban J connectivity index is 1.92. The van der Waals surface area contributed by atoms with E-state index in [1.54, 1.807) is 30.3 Å². The molecule has 2 aromatic carbocycles. The lowest BCUT2D eigenvalue weighted by Crippen LogP contribution is -2.49. The van der Waals surface area contributed by atoms with Crippen molar-refractivity contribution in [2.24, 2.45) is 5.41 Å². The third kappa shape index (κ3) is 3.21. The van der Waals surface area contributed by atoms with Gasteiger partial charge in [-0.1, -0.05) is 46.3 Å². The van der Waals surface area contributed by atoms with Crippen LogP contribution in [-0.4, -0.2) is 24.9 Å². The van der Waals surface area contributed by atoms with E-state index in [-0.39, 0.29) is 11.7 Å². The standard InChI is InChI=1S/C18H16BrNO3/c1-18(10-23-11-18)17(22)20-15-9-13(19)7-8-14(15)16(21)12-5-3-2-4-6-12/h2-9H,10-11H2,1H3,(H,20,22). The van der Waals surface area contributed by atoms with Gasteiger partial charge in [0.05, 0.1) is 24.3 Å². The summed E-state index contributed by atoms with van der Waals surface area (Å²) in [7, 11) is 0. The lowest BCUT2D eigenvalue weighted by Gasteiger charge is -2.36. The van der Waals surface area contributed by atoms with E-state index in [2.05, 4.69) is 21.2 Å². The minimum Gasteiger partial charge on any atom is -0.379 e. The Morgan fingerprint density at radius 3 is 2.43 bits per heavy atom. The summed E-state index contributed by atoms with van der Waals surface area (Å²) in [4.78, 5) is 25.1. The van der Waals surface area contributed by atoms with Crippen LogP contribution >= 0.6 is 15.9 Å². The smallest absolute Gasteiger partial charge is 0.235 e. The number of rotatable bonds is 4. The molecular formula is C18H16BrNO3. The number of anilines is 1. The molecule has 0 radical (unpaired) electrons. The number of carbonyl (C=O) groups is 2. The van der Waals surface area contributed by atoms with Gasteiger partial charge in [0.2, 0.25) is 5.91 Å². The molecule has 5 heteroatoms. The zero-order chi connectivity index (χ0) is 16.4. The number of amides is 1. The minimum atomic E-state index is -0.532. The molecule has 2 aromatic rings. The third-order valence-electron chi connectivity index (χ3n) is 3.90. The van der Waals surface area contributed by atoms with E-state index < -0.39 is 5.41 Å². The number of ketones is 1. The summed E-state index contributed by atoms with van der Waals surface area (Å²) in [5.41, 5.74) is 1.03. The average molecular weight is 374 g/mol. The number of halogens is 1. The highest BCUT2D eigenvalue weighted by Crippen LogP contribution is 2.30. The van der Waals surface area contributed by atoms with Gasteiger partial charge in [-0.25, -0.2) is 0 Å². The van der Waals surface area contributed by atoms with Crippen LogP contribution in [0.3, 0.4) is 0 Å². The second-order valence-corrected chi connectivity index (χ2v) is 6.81. The quantitative estimate of drug-likeness (QED) is 0.832. The third-order valence-corrected chi connectivity index (χ3v) is 4.39. The Kier molecular flexibility index (Phi) is 4.33. The number of carbonyl (C=O) groups excluding carboxylic acids is 2. The number of nitrogens with one attached hydrogen (secondary N) is 1. The van der Waals surface area contributed by atoms with Crippen LogP contribution in [0.15, 0.2) is 53.0 Å². The molecule has 118 valence electrons. The molecule has 1 heterocycles. The van der Waals surface area contributed by atoms with Gasteiger partial charge in [0, 0.05) is 15.6 Å². The summed E-state index contributed by atoms with van der Waals surface area (Å²) in [6, 6.07) is 14.3. The molecule has 0 atom stereocenters. The van der Waals surface area contributed by atoms with Crippen LogP contribution in [0.4, 0.5) is 5.69 Å². The van der Waals surface area contributed by atoms with E-state index >= 15 is 0 Å². The minimum absolute atomic E-state index is 0.122. The Hall–Kier alpha value is -1.98. The molecule has 0 unspecified atom stereocenters. The SMILES string of the molecule is CC1(C(=O)Nc2cc(Br)ccc2C(=O)c2ccccc2)COC1. The van der Waals surface area contributed by atoms with E-state index in [0.717, 1.165) is 4.47 Å². The Labute approximate surface area is 143 Å². The van der Waals surface area contributed by atoms with Crippen molar-refractivity contribution in [2.45, 2.75) is 6.92 Å². The topological polar surface area (TPSA) is 55.4 Å². The molecular weight excluding hydrogens is 358 g/mol. The largest absolute Gasteiger partial charge is 0.379 e. The van der Waals surface area contributed by atoms with Crippen molar-refractivity contribution in [1.29, 1.82) is 0 Å². The molecule has 1 saturated heterocycles. The van der Waals surface area contributed by atoms with E-state index in [4.69, 9.17) is 4.74 Å². The maximum absolute atomic E-state index is 12.7. The first-order chi connectivity index (χ1) is 11.0. The van der Waals surface area contributed by atoms with E-state index in [0.29, 0.717) is 30.0 Å². The summed E-state index contributed by atoms with van der Waals surface area (Å²) >= 11 is 3.39. The van der Waals surface area contributed by atoms with Crippen molar-refractivity contribution in [3.05, 3.63) is 64.1 Å². The van der Waals surface area contributed by atoms with Crippen molar-refractivity contribution < 1.29 is 14.3 Å². The van der Waals surface area contributed by atoms with Crippen molar-refractivity contribution in [3.63, 3.8) is 0 Å². The summed E-state index contributed by atoms with van der Waals surface area (Å²) in [5.74, 6) is -0.257. The van der Waals surface area contributed by atoms with Gasteiger partial charge >= 0.3 is 0 Å². The molecule has 4 nitrogen and oxygen atoms in total. The Morgan fingerprint density at radius 1 is 1.13 bits per heavy atom. The van der Waals surface area contributed by atoms with Crippen molar-refractivity contribution in [2.75, 3.05) is 18.5 Å². The van der Waals surface area contributed by atoms with Crippen LogP contribution in [0.5, 0.6) is 0 Å². The fourth-order valence-electron chi connectivity index (χ4n) is 2.38. The second-order valence-electron chi connectivity index (χ2n) is 5.89. The molecule has 0 aromatic heterocycles. The summed E-state index contributed by atoms with van der Waals surface area (Å²) < 4.78 is 5.93. The summed E-state index contributed by atoms with van der Waals surface area (Å²) in [5, 5.41) is 2.87. The van der Waals surface area contributed by atoms with Crippen LogP contribution in [0, 0.1) is 5.41 Å². The first-order valence-corrected chi connectivity index (χ1v) is 8.07. The first-order valence-electron chi connectivity index (χ1n) is 7.28. The molecule has 0 spiro atoms. The van der Waals surface area contributed by atoms with Gasteiger partial charge in [0.1, 0.15) is 0 Å². The average Bonchev–Trinajstić information content (AvgIpc) is 2.53. The number of hydrogen-bond acceptors (Lipinski definition) is 3. The monoisotopic (exact) mass is 373 g/mol. The molecule has 1 fully saturated rings. The molecule has 3 rings (SSSR count). The molecule has 1 N–H and O–H groups in total. The van der Waals surface area contributed by atoms with Gasteiger partial charge < -0.3 is 10.1 Å². The summed E-state index contributed by atoms with van der Waals surface area (Å²) in [6.07, 6.45) is 0. The fraction of sp³-hybridized carbons (Fsp3) is 0.222. The van der Waals surface area contributed by atoms with Gasteiger partial charge in [-0.15, -0.1) is 0 Å². The van der Waals surface area contributed by atoms with Crippen molar-refractivity contribution in [3.8, 4) is 0 Å². The summed E-state index contributed by atoms with van der Waals surface area (Å²) in [6.45, 7) is 2.64. The van der Waals surface area contributed by atoms with Crippen LogP contribution in [0.2, 0.25) is 0 Å². The highest BCUT2D eigenvalue weighted by atomic mass is 79.9. The Morgan fingerprint density at radius 2 is 1.83 bits per heavy atom. The van der Waals surface area contributed by atoms with Gasteiger partial charge in [0.25, 0.3) is 0 Å². The fourth-order valence-corrected chi connectivity index (χ4v) is 2.74. The van der Waals surface area contributed by atoms with E-state index in [9.17, 15) is 9.59 Å². The van der Waals surface area contributed by atoms with Gasteiger partial charge in [-0.3, -0.25) is 9.59 Å². The molecule has 0 bridgehead atoms. The second kappa shape index (κ2) is 6.26. The molecule has 1 aliphatic rings. The maximum Gasteiger partial charge on any atom is 0.235 e. The lowest BCUT2D eigenvalue weighted by molar-refractivity contribution is -0.151.